The van der Waals surface area contributed by atoms with E-state index < -0.39 is 6.04 Å². The monoisotopic (exact) mass is 428 g/mol. The van der Waals surface area contributed by atoms with Gasteiger partial charge < -0.3 is 10.2 Å². The van der Waals surface area contributed by atoms with Crippen molar-refractivity contribution in [3.8, 4) is 0 Å². The maximum absolute atomic E-state index is 13.5. The van der Waals surface area contributed by atoms with Crippen molar-refractivity contribution < 1.29 is 9.59 Å². The van der Waals surface area contributed by atoms with E-state index in [4.69, 9.17) is 0 Å². The van der Waals surface area contributed by atoms with Crippen LogP contribution in [0.2, 0.25) is 0 Å². The minimum atomic E-state index is -0.580. The number of carbonyl (C=O) groups is 2. The number of hydrogen-bond acceptors (Lipinski definition) is 2. The number of carbonyl (C=O) groups excluding carboxylic acids is 2. The van der Waals surface area contributed by atoms with E-state index in [2.05, 4.69) is 5.32 Å². The SMILES string of the molecule is CC(C)NC(=O)[C@H](Cc1ccccc1)N(Cc1ccccc1)C(=O)CCc1ccccc1. The van der Waals surface area contributed by atoms with Gasteiger partial charge in [-0.25, -0.2) is 0 Å². The summed E-state index contributed by atoms with van der Waals surface area (Å²) < 4.78 is 0. The van der Waals surface area contributed by atoms with Crippen molar-refractivity contribution in [2.24, 2.45) is 0 Å². The van der Waals surface area contributed by atoms with Crippen LogP contribution in [0.15, 0.2) is 91.0 Å². The molecule has 0 spiro atoms. The average Bonchev–Trinajstić information content (AvgIpc) is 2.81. The molecule has 0 aromatic heterocycles. The van der Waals surface area contributed by atoms with Gasteiger partial charge in [-0.15, -0.1) is 0 Å². The van der Waals surface area contributed by atoms with Crippen LogP contribution in [0, 0.1) is 0 Å². The summed E-state index contributed by atoms with van der Waals surface area (Å²) in [6, 6.07) is 29.2. The Balaban J connectivity index is 1.87. The molecule has 32 heavy (non-hydrogen) atoms. The topological polar surface area (TPSA) is 49.4 Å². The highest BCUT2D eigenvalue weighted by Gasteiger charge is 2.30. The molecule has 4 heteroatoms. The fourth-order valence-corrected chi connectivity index (χ4v) is 3.75. The summed E-state index contributed by atoms with van der Waals surface area (Å²) in [5, 5.41) is 3.03. The predicted molar refractivity (Wildman–Crippen MR) is 129 cm³/mol. The third kappa shape index (κ3) is 7.09. The molecular formula is C28H32N2O2. The van der Waals surface area contributed by atoms with Crippen molar-refractivity contribution in [1.29, 1.82) is 0 Å². The number of nitrogens with one attached hydrogen (secondary N) is 1. The smallest absolute Gasteiger partial charge is 0.243 e. The largest absolute Gasteiger partial charge is 0.352 e. The van der Waals surface area contributed by atoms with Crippen molar-refractivity contribution in [3.63, 3.8) is 0 Å². The molecule has 0 bridgehead atoms. The van der Waals surface area contributed by atoms with Crippen molar-refractivity contribution in [3.05, 3.63) is 108 Å². The first-order valence-corrected chi connectivity index (χ1v) is 11.2. The Morgan fingerprint density at radius 3 is 1.78 bits per heavy atom. The van der Waals surface area contributed by atoms with E-state index in [9.17, 15) is 9.59 Å². The molecule has 0 aliphatic carbocycles. The standard InChI is InChI=1S/C28H32N2O2/c1-22(2)29-28(32)26(20-24-14-8-4-9-15-24)30(21-25-16-10-5-11-17-25)27(31)19-18-23-12-6-3-7-13-23/h3-17,22,26H,18-21H2,1-2H3,(H,29,32)/t26-/m0/s1. The molecule has 0 saturated heterocycles. The van der Waals surface area contributed by atoms with Crippen molar-refractivity contribution in [1.82, 2.24) is 10.2 Å². The summed E-state index contributed by atoms with van der Waals surface area (Å²) in [4.78, 5) is 28.5. The van der Waals surface area contributed by atoms with Gasteiger partial charge in [-0.05, 0) is 37.0 Å². The minimum absolute atomic E-state index is 0.00114. The molecule has 3 aromatic rings. The summed E-state index contributed by atoms with van der Waals surface area (Å²) in [7, 11) is 0. The van der Waals surface area contributed by atoms with Crippen molar-refractivity contribution in [2.75, 3.05) is 0 Å². The lowest BCUT2D eigenvalue weighted by atomic mass is 10.0. The predicted octanol–water partition coefficient (Wildman–Crippen LogP) is 4.78. The fraction of sp³-hybridized carbons (Fsp3) is 0.286. The quantitative estimate of drug-likeness (QED) is 0.505. The van der Waals surface area contributed by atoms with Crippen LogP contribution in [0.25, 0.3) is 0 Å². The van der Waals surface area contributed by atoms with Gasteiger partial charge in [-0.2, -0.15) is 0 Å². The van der Waals surface area contributed by atoms with Gasteiger partial charge >= 0.3 is 0 Å². The van der Waals surface area contributed by atoms with E-state index >= 15 is 0 Å². The third-order valence-electron chi connectivity index (χ3n) is 5.37. The normalized spacial score (nSPS) is 11.7. The summed E-state index contributed by atoms with van der Waals surface area (Å²) in [6.07, 6.45) is 1.48. The van der Waals surface area contributed by atoms with E-state index in [-0.39, 0.29) is 17.9 Å². The third-order valence-corrected chi connectivity index (χ3v) is 5.37. The molecule has 0 aliphatic heterocycles. The number of hydrogen-bond donors (Lipinski definition) is 1. The van der Waals surface area contributed by atoms with Crippen LogP contribution in [0.3, 0.4) is 0 Å². The zero-order valence-corrected chi connectivity index (χ0v) is 18.9. The number of rotatable bonds is 10. The highest BCUT2D eigenvalue weighted by atomic mass is 16.2. The number of nitrogens with zero attached hydrogens (tertiary/aromatic N) is 1. The molecule has 166 valence electrons. The van der Waals surface area contributed by atoms with Gasteiger partial charge in [0.05, 0.1) is 0 Å². The molecule has 0 radical (unpaired) electrons. The van der Waals surface area contributed by atoms with Crippen LogP contribution in [0.5, 0.6) is 0 Å². The number of amides is 2. The van der Waals surface area contributed by atoms with Crippen LogP contribution >= 0.6 is 0 Å². The average molecular weight is 429 g/mol. The molecular weight excluding hydrogens is 396 g/mol. The summed E-state index contributed by atoms with van der Waals surface area (Å²) in [6.45, 7) is 4.28. The first-order valence-electron chi connectivity index (χ1n) is 11.2. The summed E-state index contributed by atoms with van der Waals surface area (Å²) in [5.74, 6) is -0.134. The Hall–Kier alpha value is -3.40. The molecule has 4 nitrogen and oxygen atoms in total. The Morgan fingerprint density at radius 2 is 1.25 bits per heavy atom. The Labute approximate surface area is 191 Å². The van der Waals surface area contributed by atoms with Crippen LogP contribution in [0.1, 0.15) is 37.0 Å². The lowest BCUT2D eigenvalue weighted by Gasteiger charge is -2.32. The Morgan fingerprint density at radius 1 is 0.750 bits per heavy atom. The van der Waals surface area contributed by atoms with Gasteiger partial charge in [-0.3, -0.25) is 9.59 Å². The second-order valence-electron chi connectivity index (χ2n) is 8.36. The van der Waals surface area contributed by atoms with E-state index in [1.54, 1.807) is 4.90 Å². The van der Waals surface area contributed by atoms with Gasteiger partial charge in [-0.1, -0.05) is 91.0 Å². The van der Waals surface area contributed by atoms with E-state index in [0.29, 0.717) is 25.8 Å². The lowest BCUT2D eigenvalue weighted by molar-refractivity contribution is -0.141. The van der Waals surface area contributed by atoms with Crippen LogP contribution in [0.4, 0.5) is 0 Å². The summed E-state index contributed by atoms with van der Waals surface area (Å²) >= 11 is 0. The van der Waals surface area contributed by atoms with Gasteiger partial charge in [0.1, 0.15) is 6.04 Å². The molecule has 0 saturated carbocycles. The maximum Gasteiger partial charge on any atom is 0.243 e. The Kier molecular flexibility index (Phi) is 8.61. The highest BCUT2D eigenvalue weighted by Crippen LogP contribution is 2.17. The van der Waals surface area contributed by atoms with Crippen LogP contribution in [-0.2, 0) is 29.0 Å². The molecule has 3 aromatic carbocycles. The molecule has 1 N–H and O–H groups in total. The lowest BCUT2D eigenvalue weighted by Crippen LogP contribution is -2.51. The highest BCUT2D eigenvalue weighted by molar-refractivity contribution is 5.88. The number of benzene rings is 3. The van der Waals surface area contributed by atoms with E-state index in [0.717, 1.165) is 16.7 Å². The van der Waals surface area contributed by atoms with Crippen LogP contribution in [-0.4, -0.2) is 28.8 Å². The second-order valence-corrected chi connectivity index (χ2v) is 8.36. The zero-order valence-electron chi connectivity index (χ0n) is 18.9. The van der Waals surface area contributed by atoms with E-state index in [1.807, 2.05) is 105 Å². The Bertz CT molecular complexity index is 972. The molecule has 0 fully saturated rings. The van der Waals surface area contributed by atoms with Crippen molar-refractivity contribution >= 4 is 11.8 Å². The molecule has 1 atom stereocenters. The van der Waals surface area contributed by atoms with Gasteiger partial charge in [0, 0.05) is 25.4 Å². The van der Waals surface area contributed by atoms with E-state index in [1.165, 1.54) is 0 Å². The zero-order chi connectivity index (χ0) is 22.8. The molecule has 3 rings (SSSR count). The van der Waals surface area contributed by atoms with Crippen LogP contribution < -0.4 is 5.32 Å². The fourth-order valence-electron chi connectivity index (χ4n) is 3.75. The van der Waals surface area contributed by atoms with Gasteiger partial charge in [0.25, 0.3) is 0 Å². The minimum Gasteiger partial charge on any atom is -0.352 e. The molecule has 0 unspecified atom stereocenters. The first-order chi connectivity index (χ1) is 15.5. The second kappa shape index (κ2) is 11.8. The van der Waals surface area contributed by atoms with Gasteiger partial charge in [0.2, 0.25) is 11.8 Å². The maximum atomic E-state index is 13.5. The summed E-state index contributed by atoms with van der Waals surface area (Å²) in [5.41, 5.74) is 3.16. The molecule has 2 amide bonds. The molecule has 0 heterocycles. The first kappa shape index (κ1) is 23.3. The van der Waals surface area contributed by atoms with Gasteiger partial charge in [0.15, 0.2) is 0 Å². The molecule has 0 aliphatic rings. The number of aryl methyl sites for hydroxylation is 1. The van der Waals surface area contributed by atoms with Crippen molar-refractivity contribution in [2.45, 2.75) is 51.7 Å².